The number of hydrogen-bond acceptors (Lipinski definition) is 3. The quantitative estimate of drug-likeness (QED) is 0.493. The first-order valence-electron chi connectivity index (χ1n) is 8.58. The van der Waals surface area contributed by atoms with Gasteiger partial charge in [0.25, 0.3) is 0 Å². The van der Waals surface area contributed by atoms with Crippen LogP contribution in [0.1, 0.15) is 44.6 Å². The Hall–Kier alpha value is -0.943. The number of hydrogen-bond donors (Lipinski definition) is 0. The minimum Gasteiger partial charge on any atom is -0.377 e. The molecular formula is C19H32O3Si. The van der Waals surface area contributed by atoms with Crippen LogP contribution in [0.4, 0.5) is 0 Å². The lowest BCUT2D eigenvalue weighted by Crippen LogP contribution is -2.42. The zero-order valence-electron chi connectivity index (χ0n) is 15.1. The Bertz CT molecular complexity index is 421. The van der Waals surface area contributed by atoms with E-state index < -0.39 is 8.80 Å². The van der Waals surface area contributed by atoms with Crippen LogP contribution in [0.5, 0.6) is 0 Å². The Morgan fingerprint density at radius 2 is 1.57 bits per heavy atom. The fourth-order valence-electron chi connectivity index (χ4n) is 2.75. The molecule has 0 saturated carbocycles. The van der Waals surface area contributed by atoms with E-state index in [1.807, 2.05) is 0 Å². The Labute approximate surface area is 143 Å². The van der Waals surface area contributed by atoms with Crippen molar-refractivity contribution in [3.63, 3.8) is 0 Å². The third-order valence-electron chi connectivity index (χ3n) is 4.28. The number of unbranched alkanes of at least 4 members (excludes halogenated alkanes) is 1. The van der Waals surface area contributed by atoms with Crippen molar-refractivity contribution in [1.82, 2.24) is 0 Å². The van der Waals surface area contributed by atoms with E-state index in [-0.39, 0.29) is 0 Å². The highest BCUT2D eigenvalue weighted by molar-refractivity contribution is 6.60. The van der Waals surface area contributed by atoms with Gasteiger partial charge in [-0.25, -0.2) is 0 Å². The molecule has 0 aromatic heterocycles. The van der Waals surface area contributed by atoms with Gasteiger partial charge in [0.15, 0.2) is 0 Å². The van der Waals surface area contributed by atoms with Gasteiger partial charge in [-0.05, 0) is 30.7 Å². The largest absolute Gasteiger partial charge is 0.500 e. The maximum absolute atomic E-state index is 5.50. The van der Waals surface area contributed by atoms with Gasteiger partial charge in [-0.15, -0.1) is 0 Å². The summed E-state index contributed by atoms with van der Waals surface area (Å²) in [6.45, 7) is 2.25. The summed E-state index contributed by atoms with van der Waals surface area (Å²) in [6, 6.07) is 11.4. The number of benzene rings is 1. The van der Waals surface area contributed by atoms with Crippen LogP contribution in [0.15, 0.2) is 36.4 Å². The molecule has 0 amide bonds. The van der Waals surface area contributed by atoms with Gasteiger partial charge >= 0.3 is 8.80 Å². The first-order valence-corrected chi connectivity index (χ1v) is 10.5. The monoisotopic (exact) mass is 336 g/mol. The third kappa shape index (κ3) is 7.44. The van der Waals surface area contributed by atoms with Crippen LogP contribution in [0.2, 0.25) is 6.04 Å². The summed E-state index contributed by atoms with van der Waals surface area (Å²) in [6.07, 6.45) is 10.6. The average Bonchev–Trinajstić information content (AvgIpc) is 2.62. The van der Waals surface area contributed by atoms with Crippen molar-refractivity contribution in [3.05, 3.63) is 42.0 Å². The zero-order valence-corrected chi connectivity index (χ0v) is 16.1. The normalized spacial score (nSPS) is 13.6. The van der Waals surface area contributed by atoms with Gasteiger partial charge in [0.05, 0.1) is 0 Å². The minimum atomic E-state index is -2.43. The van der Waals surface area contributed by atoms with Gasteiger partial charge in [0.2, 0.25) is 0 Å². The molecule has 130 valence electrons. The van der Waals surface area contributed by atoms with Crippen LogP contribution in [0.3, 0.4) is 0 Å². The molecule has 1 aromatic rings. The van der Waals surface area contributed by atoms with E-state index in [0.29, 0.717) is 5.92 Å². The molecule has 0 saturated heterocycles. The molecule has 0 heterocycles. The summed E-state index contributed by atoms with van der Waals surface area (Å²) in [5.41, 5.74) is 1.27. The molecule has 4 heteroatoms. The Balaban J connectivity index is 2.55. The average molecular weight is 337 g/mol. The molecule has 0 aliphatic heterocycles. The van der Waals surface area contributed by atoms with Gasteiger partial charge in [0, 0.05) is 27.4 Å². The lowest BCUT2D eigenvalue weighted by molar-refractivity contribution is 0.122. The molecule has 0 radical (unpaired) electrons. The van der Waals surface area contributed by atoms with Crippen LogP contribution in [0.25, 0.3) is 6.08 Å². The van der Waals surface area contributed by atoms with Gasteiger partial charge < -0.3 is 13.3 Å². The second kappa shape index (κ2) is 11.6. The summed E-state index contributed by atoms with van der Waals surface area (Å²) in [7, 11) is 2.62. The zero-order chi connectivity index (χ0) is 17.0. The first kappa shape index (κ1) is 20.1. The van der Waals surface area contributed by atoms with E-state index in [2.05, 4.69) is 49.4 Å². The highest BCUT2D eigenvalue weighted by Crippen LogP contribution is 2.23. The molecule has 3 nitrogen and oxygen atoms in total. The minimum absolute atomic E-state index is 0.604. The number of allylic oxidation sites excluding steroid dienone is 1. The van der Waals surface area contributed by atoms with Gasteiger partial charge in [0.1, 0.15) is 0 Å². The predicted molar refractivity (Wildman–Crippen MR) is 99.3 cm³/mol. The Kier molecular flexibility index (Phi) is 10.1. The molecule has 1 aromatic carbocycles. The van der Waals surface area contributed by atoms with E-state index in [1.54, 1.807) is 21.3 Å². The van der Waals surface area contributed by atoms with Gasteiger partial charge in [-0.1, -0.05) is 62.2 Å². The molecule has 1 unspecified atom stereocenters. The molecule has 0 bridgehead atoms. The molecule has 0 aliphatic rings. The SMILES string of the molecule is CCCCC(/C=C/c1ccccc1)CCC[Si](OC)(OC)OC. The van der Waals surface area contributed by atoms with Crippen LogP contribution in [-0.2, 0) is 13.3 Å². The molecule has 23 heavy (non-hydrogen) atoms. The second-order valence-corrected chi connectivity index (χ2v) is 8.95. The lowest BCUT2D eigenvalue weighted by Gasteiger charge is -2.24. The van der Waals surface area contributed by atoms with Crippen molar-refractivity contribution in [2.75, 3.05) is 21.3 Å². The smallest absolute Gasteiger partial charge is 0.377 e. The van der Waals surface area contributed by atoms with Crippen molar-refractivity contribution in [2.45, 2.75) is 45.1 Å². The Morgan fingerprint density at radius 3 is 2.13 bits per heavy atom. The molecule has 1 atom stereocenters. The van der Waals surface area contributed by atoms with Crippen molar-refractivity contribution in [2.24, 2.45) is 5.92 Å². The van der Waals surface area contributed by atoms with Gasteiger partial charge in [-0.2, -0.15) is 0 Å². The van der Waals surface area contributed by atoms with Crippen LogP contribution < -0.4 is 0 Å². The lowest BCUT2D eigenvalue weighted by atomic mass is 9.96. The molecule has 0 spiro atoms. The summed E-state index contributed by atoms with van der Waals surface area (Å²) < 4.78 is 16.5. The van der Waals surface area contributed by atoms with E-state index >= 15 is 0 Å². The fraction of sp³-hybridized carbons (Fsp3) is 0.579. The topological polar surface area (TPSA) is 27.7 Å². The Morgan fingerprint density at radius 1 is 0.957 bits per heavy atom. The fourth-order valence-corrected chi connectivity index (χ4v) is 4.50. The molecule has 0 fully saturated rings. The third-order valence-corrected chi connectivity index (χ3v) is 7.11. The van der Waals surface area contributed by atoms with Crippen molar-refractivity contribution >= 4 is 14.9 Å². The molecule has 0 N–H and O–H groups in total. The van der Waals surface area contributed by atoms with Crippen molar-refractivity contribution in [3.8, 4) is 0 Å². The highest BCUT2D eigenvalue weighted by atomic mass is 28.4. The first-order chi connectivity index (χ1) is 11.2. The van der Waals surface area contributed by atoms with E-state index in [1.165, 1.54) is 24.8 Å². The maximum atomic E-state index is 5.50. The van der Waals surface area contributed by atoms with Crippen LogP contribution in [-0.4, -0.2) is 30.1 Å². The highest BCUT2D eigenvalue weighted by Gasteiger charge is 2.36. The van der Waals surface area contributed by atoms with Crippen LogP contribution in [0, 0.1) is 5.92 Å². The molecular weight excluding hydrogens is 304 g/mol. The van der Waals surface area contributed by atoms with E-state index in [9.17, 15) is 0 Å². The second-order valence-electron chi connectivity index (χ2n) is 5.86. The van der Waals surface area contributed by atoms with Crippen molar-refractivity contribution < 1.29 is 13.3 Å². The predicted octanol–water partition coefficient (Wildman–Crippen LogP) is 5.16. The van der Waals surface area contributed by atoms with Gasteiger partial charge in [-0.3, -0.25) is 0 Å². The summed E-state index contributed by atoms with van der Waals surface area (Å²) in [4.78, 5) is 0. The van der Waals surface area contributed by atoms with Crippen LogP contribution >= 0.6 is 0 Å². The van der Waals surface area contributed by atoms with Crippen molar-refractivity contribution in [1.29, 1.82) is 0 Å². The van der Waals surface area contributed by atoms with E-state index in [4.69, 9.17) is 13.3 Å². The maximum Gasteiger partial charge on any atom is 0.500 e. The standard InChI is InChI=1S/C19H32O3Si/c1-5-6-11-18(15-16-19-12-8-7-9-13-19)14-10-17-23(20-2,21-3)22-4/h7-9,12-13,15-16,18H,5-6,10-11,14,17H2,1-4H3/b16-15+. The number of rotatable bonds is 12. The summed E-state index contributed by atoms with van der Waals surface area (Å²) >= 11 is 0. The summed E-state index contributed by atoms with van der Waals surface area (Å²) in [5, 5.41) is 0. The molecule has 0 aliphatic carbocycles. The van der Waals surface area contributed by atoms with E-state index in [0.717, 1.165) is 18.9 Å². The molecule has 1 rings (SSSR count). The summed E-state index contributed by atoms with van der Waals surface area (Å²) in [5.74, 6) is 0.604.